The van der Waals surface area contributed by atoms with Gasteiger partial charge in [0.15, 0.2) is 0 Å². The molecule has 5 nitrogen and oxygen atoms in total. The van der Waals surface area contributed by atoms with Crippen LogP contribution in [-0.4, -0.2) is 18.4 Å². The summed E-state index contributed by atoms with van der Waals surface area (Å²) < 4.78 is 0. The molecular formula is C10H20N4O. The molecule has 1 aliphatic rings. The normalized spacial score (nSPS) is 19.9. The number of nitrogens with two attached hydrogens (primary N) is 1. The quantitative estimate of drug-likeness (QED) is 0.660. The first-order valence-corrected chi connectivity index (χ1v) is 4.49. The van der Waals surface area contributed by atoms with Crippen molar-refractivity contribution in [1.82, 2.24) is 10.6 Å². The number of primary amides is 1. The molecule has 0 unspecified atom stereocenters. The largest absolute Gasteiger partial charge is 0.357 e. The van der Waals surface area contributed by atoms with E-state index in [4.69, 9.17) is 5.73 Å². The number of nitrogens with zero attached hydrogens (tertiary/aromatic N) is 1. The van der Waals surface area contributed by atoms with Gasteiger partial charge in [0.05, 0.1) is 11.4 Å². The van der Waals surface area contributed by atoms with Crippen LogP contribution in [-0.2, 0) is 0 Å². The smallest absolute Gasteiger partial charge is 0.313 e. The van der Waals surface area contributed by atoms with Crippen LogP contribution in [0.5, 0.6) is 0 Å². The fourth-order valence-electron chi connectivity index (χ4n) is 1.17. The second kappa shape index (κ2) is 4.99. The molecule has 15 heavy (non-hydrogen) atoms. The van der Waals surface area contributed by atoms with Crippen LogP contribution in [0.1, 0.15) is 11.2 Å². The van der Waals surface area contributed by atoms with Gasteiger partial charge in [-0.15, -0.1) is 0 Å². The first-order valence-electron chi connectivity index (χ1n) is 4.49. The summed E-state index contributed by atoms with van der Waals surface area (Å²) in [4.78, 5) is 14.6. The summed E-state index contributed by atoms with van der Waals surface area (Å²) in [6, 6.07) is -0.583. The highest BCUT2D eigenvalue weighted by atomic mass is 16.2. The van der Waals surface area contributed by atoms with Crippen LogP contribution in [0.15, 0.2) is 41.2 Å². The average molecular weight is 212 g/mol. The van der Waals surface area contributed by atoms with Gasteiger partial charge in [-0.05, 0) is 19.1 Å². The highest BCUT2D eigenvalue weighted by Gasteiger charge is 2.11. The molecule has 0 fully saturated rings. The number of rotatable bonds is 3. The molecule has 0 bridgehead atoms. The Hall–Kier alpha value is -2.04. The molecule has 0 aliphatic carbocycles. The number of allylic oxidation sites excluding steroid dienone is 4. The third-order valence-electron chi connectivity index (χ3n) is 1.75. The fourth-order valence-corrected chi connectivity index (χ4v) is 1.17. The maximum atomic E-state index is 10.4. The van der Waals surface area contributed by atoms with E-state index in [1.54, 1.807) is 6.08 Å². The van der Waals surface area contributed by atoms with Gasteiger partial charge in [0, 0.05) is 9.98 Å². The number of hydrogen-bond acceptors (Lipinski definition) is 3. The lowest BCUT2D eigenvalue weighted by atomic mass is 10.3. The summed E-state index contributed by atoms with van der Waals surface area (Å²) in [7, 11) is 0. The van der Waals surface area contributed by atoms with Crippen LogP contribution in [0.2, 0.25) is 0 Å². The molecule has 0 radical (unpaired) electrons. The van der Waals surface area contributed by atoms with Crippen molar-refractivity contribution in [2.45, 2.75) is 6.92 Å². The first kappa shape index (κ1) is 11.0. The summed E-state index contributed by atoms with van der Waals surface area (Å²) in [5, 5.41) is 5.51. The zero-order chi connectivity index (χ0) is 11.3. The minimum Gasteiger partial charge on any atom is -0.357 e. The van der Waals surface area contributed by atoms with Gasteiger partial charge in [-0.1, -0.05) is 12.7 Å². The highest BCUT2D eigenvalue weighted by molar-refractivity contribution is 6.11. The van der Waals surface area contributed by atoms with Crippen molar-refractivity contribution in [3.8, 4) is 0 Å². The van der Waals surface area contributed by atoms with E-state index in [9.17, 15) is 4.79 Å². The van der Waals surface area contributed by atoms with Gasteiger partial charge in [0.25, 0.3) is 0 Å². The van der Waals surface area contributed by atoms with E-state index in [0.717, 1.165) is 17.1 Å². The van der Waals surface area contributed by atoms with Crippen molar-refractivity contribution in [3.05, 3.63) is 36.2 Å². The Bertz CT molecular complexity index is 377. The third-order valence-corrected chi connectivity index (χ3v) is 1.75. The number of aliphatic imine (C=N–C) groups is 1. The Kier molecular flexibility index (Phi) is 3.68. The standard InChI is InChI=1S/C10H14N4O.3H2/c1-3-4-8-9(5-7(2)14-8)12-6-13-10(11)15;;;/h3-5,14H,1,6H2,2H3,(H3,11,13,15);3*1H/b8-4+,12-9-;;;. The number of amides is 2. The summed E-state index contributed by atoms with van der Waals surface area (Å²) >= 11 is 0. The topological polar surface area (TPSA) is 79.5 Å². The molecule has 1 rings (SSSR count). The Balaban J connectivity index is -0.000000750. The molecule has 0 saturated carbocycles. The van der Waals surface area contributed by atoms with Crippen LogP contribution in [0.3, 0.4) is 0 Å². The molecular weight excluding hydrogens is 192 g/mol. The van der Waals surface area contributed by atoms with Crippen molar-refractivity contribution < 1.29 is 9.07 Å². The van der Waals surface area contributed by atoms with Crippen molar-refractivity contribution in [2.24, 2.45) is 10.7 Å². The molecule has 86 valence electrons. The lowest BCUT2D eigenvalue weighted by molar-refractivity contribution is 0.249. The zero-order valence-electron chi connectivity index (χ0n) is 8.58. The molecule has 1 heterocycles. The summed E-state index contributed by atoms with van der Waals surface area (Å²) in [6.45, 7) is 5.71. The van der Waals surface area contributed by atoms with Gasteiger partial charge in [-0.3, -0.25) is 4.99 Å². The summed E-state index contributed by atoms with van der Waals surface area (Å²) in [5.74, 6) is 0. The van der Waals surface area contributed by atoms with Crippen LogP contribution in [0.25, 0.3) is 0 Å². The van der Waals surface area contributed by atoms with Crippen LogP contribution >= 0.6 is 0 Å². The number of nitrogens with one attached hydrogen (secondary N) is 2. The van der Waals surface area contributed by atoms with Gasteiger partial charge in [-0.25, -0.2) is 4.79 Å². The summed E-state index contributed by atoms with van der Waals surface area (Å²) in [6.07, 6.45) is 5.37. The number of hydrogen-bond donors (Lipinski definition) is 3. The monoisotopic (exact) mass is 212 g/mol. The molecule has 2 amide bonds. The summed E-state index contributed by atoms with van der Waals surface area (Å²) in [5.41, 5.74) is 7.57. The third kappa shape index (κ3) is 3.30. The van der Waals surface area contributed by atoms with Gasteiger partial charge in [0.1, 0.15) is 6.67 Å². The van der Waals surface area contributed by atoms with E-state index >= 15 is 0 Å². The average Bonchev–Trinajstić information content (AvgIpc) is 2.47. The Morgan fingerprint density at radius 1 is 1.87 bits per heavy atom. The SMILES string of the molecule is C=C/C=C1/NC(C)=C/C1=N/CNC(N)=O.[HH].[HH].[HH]. The Labute approximate surface area is 92.9 Å². The van der Waals surface area contributed by atoms with E-state index < -0.39 is 6.03 Å². The zero-order valence-corrected chi connectivity index (χ0v) is 8.58. The van der Waals surface area contributed by atoms with Crippen molar-refractivity contribution >= 4 is 11.7 Å². The number of urea groups is 1. The van der Waals surface area contributed by atoms with Gasteiger partial charge < -0.3 is 16.4 Å². The molecule has 1 aliphatic heterocycles. The van der Waals surface area contributed by atoms with E-state index in [2.05, 4.69) is 22.2 Å². The molecule has 0 aromatic heterocycles. The van der Waals surface area contributed by atoms with Crippen molar-refractivity contribution in [3.63, 3.8) is 0 Å². The molecule has 0 saturated heterocycles. The van der Waals surface area contributed by atoms with Crippen molar-refractivity contribution in [1.29, 1.82) is 0 Å². The second-order valence-corrected chi connectivity index (χ2v) is 3.01. The lowest BCUT2D eigenvalue weighted by Crippen LogP contribution is -2.29. The van der Waals surface area contributed by atoms with Crippen molar-refractivity contribution in [2.75, 3.05) is 6.67 Å². The Morgan fingerprint density at radius 3 is 3.20 bits per heavy atom. The van der Waals surface area contributed by atoms with Crippen LogP contribution in [0.4, 0.5) is 4.79 Å². The fraction of sp³-hybridized carbons (Fsp3) is 0.200. The minimum absolute atomic E-state index is 0. The molecule has 0 aromatic carbocycles. The number of carbonyl (C=O) groups is 1. The molecule has 4 N–H and O–H groups in total. The Morgan fingerprint density at radius 2 is 2.60 bits per heavy atom. The minimum atomic E-state index is -0.583. The van der Waals surface area contributed by atoms with Crippen LogP contribution in [0, 0.1) is 0 Å². The van der Waals surface area contributed by atoms with Gasteiger partial charge >= 0.3 is 6.03 Å². The molecule has 0 aromatic rings. The molecule has 5 heteroatoms. The van der Waals surface area contributed by atoms with Gasteiger partial charge in [0.2, 0.25) is 0 Å². The molecule has 0 atom stereocenters. The van der Waals surface area contributed by atoms with E-state index in [1.165, 1.54) is 0 Å². The van der Waals surface area contributed by atoms with E-state index in [1.807, 2.05) is 19.1 Å². The number of carbonyl (C=O) groups excluding carboxylic acids is 1. The molecule has 0 spiro atoms. The van der Waals surface area contributed by atoms with Gasteiger partial charge in [-0.2, -0.15) is 0 Å². The maximum absolute atomic E-state index is 10.4. The first-order chi connectivity index (χ1) is 7.13. The predicted molar refractivity (Wildman–Crippen MR) is 66.5 cm³/mol. The van der Waals surface area contributed by atoms with E-state index in [-0.39, 0.29) is 10.9 Å². The maximum Gasteiger partial charge on any atom is 0.313 e. The van der Waals surface area contributed by atoms with Crippen LogP contribution < -0.4 is 16.4 Å². The predicted octanol–water partition coefficient (Wildman–Crippen LogP) is 1.37. The highest BCUT2D eigenvalue weighted by Crippen LogP contribution is 2.09. The lowest BCUT2D eigenvalue weighted by Gasteiger charge is -2.01. The second-order valence-electron chi connectivity index (χ2n) is 3.01. The van der Waals surface area contributed by atoms with E-state index in [0.29, 0.717) is 0 Å².